The maximum absolute atomic E-state index is 13.4. The zero-order chi connectivity index (χ0) is 24.9. The van der Waals surface area contributed by atoms with Crippen molar-refractivity contribution in [2.24, 2.45) is 11.8 Å². The maximum Gasteiger partial charge on any atom is 0.257 e. The molecule has 1 aliphatic heterocycles. The second kappa shape index (κ2) is 11.2. The number of benzene rings is 2. The van der Waals surface area contributed by atoms with Gasteiger partial charge in [-0.25, -0.2) is 0 Å². The Morgan fingerprint density at radius 2 is 1.86 bits per heavy atom. The van der Waals surface area contributed by atoms with Crippen LogP contribution in [0.4, 0.5) is 5.69 Å². The first kappa shape index (κ1) is 25.2. The van der Waals surface area contributed by atoms with Crippen LogP contribution < -0.4 is 10.1 Å². The molecule has 3 atom stereocenters. The number of likely N-dealkylation sites (N-methyl/N-ethyl adjacent to an activating group) is 1. The van der Waals surface area contributed by atoms with Gasteiger partial charge in [-0.2, -0.15) is 0 Å². The lowest BCUT2D eigenvalue weighted by atomic mass is 10.0. The van der Waals surface area contributed by atoms with Gasteiger partial charge in [0.05, 0.1) is 11.7 Å². The van der Waals surface area contributed by atoms with Gasteiger partial charge in [-0.05, 0) is 55.9 Å². The minimum atomic E-state index is -0.206. The lowest BCUT2D eigenvalue weighted by Gasteiger charge is -2.36. The molecule has 1 N–H and O–H groups in total. The number of hydrogen-bond acceptors (Lipinski definition) is 5. The highest BCUT2D eigenvalue weighted by Crippen LogP contribution is 2.32. The molecule has 0 bridgehead atoms. The van der Waals surface area contributed by atoms with E-state index < -0.39 is 0 Å². The second-order valence-corrected chi connectivity index (χ2v) is 10.0. The molecular weight excluding hydrogens is 442 g/mol. The molecule has 2 aromatic rings. The van der Waals surface area contributed by atoms with Crippen molar-refractivity contribution in [1.29, 1.82) is 0 Å². The number of anilines is 1. The van der Waals surface area contributed by atoms with Crippen molar-refractivity contribution in [1.82, 2.24) is 9.80 Å². The van der Waals surface area contributed by atoms with Gasteiger partial charge in [0.15, 0.2) is 0 Å². The second-order valence-electron chi connectivity index (χ2n) is 10.0. The van der Waals surface area contributed by atoms with Crippen molar-refractivity contribution in [3.05, 3.63) is 59.7 Å². The van der Waals surface area contributed by atoms with E-state index in [4.69, 9.17) is 9.47 Å². The number of hydrogen-bond donors (Lipinski definition) is 1. The van der Waals surface area contributed by atoms with Crippen LogP contribution in [0.25, 0.3) is 0 Å². The van der Waals surface area contributed by atoms with Crippen molar-refractivity contribution < 1.29 is 19.1 Å². The van der Waals surface area contributed by atoms with Crippen molar-refractivity contribution in [2.45, 2.75) is 38.8 Å². The Balaban J connectivity index is 1.60. The standard InChI is InChI=1S/C28H37N3O4/c1-19-15-31(16-21-10-11-21)20(2)18-35-25-14-23(29-27(32)22-8-6-5-7-9-22)12-13-24(25)28(33)30(3)17-26(19)34-4/h5-9,12-14,19-21,26H,10-11,15-18H2,1-4H3,(H,29,32)/t19-,20-,26-/m0/s1. The fourth-order valence-electron chi connectivity index (χ4n) is 4.60. The largest absolute Gasteiger partial charge is 0.491 e. The third kappa shape index (κ3) is 6.41. The number of carbonyl (C=O) groups is 2. The molecule has 1 heterocycles. The molecule has 1 fully saturated rings. The predicted molar refractivity (Wildman–Crippen MR) is 137 cm³/mol. The normalized spacial score (nSPS) is 24.1. The molecule has 0 saturated heterocycles. The first-order chi connectivity index (χ1) is 16.9. The summed E-state index contributed by atoms with van der Waals surface area (Å²) in [4.78, 5) is 30.2. The molecule has 188 valence electrons. The molecule has 1 saturated carbocycles. The molecule has 2 aromatic carbocycles. The van der Waals surface area contributed by atoms with Crippen LogP contribution in [0.3, 0.4) is 0 Å². The summed E-state index contributed by atoms with van der Waals surface area (Å²) >= 11 is 0. The summed E-state index contributed by atoms with van der Waals surface area (Å²) in [6.07, 6.45) is 2.51. The minimum Gasteiger partial charge on any atom is -0.491 e. The highest BCUT2D eigenvalue weighted by Gasteiger charge is 2.31. The van der Waals surface area contributed by atoms with Gasteiger partial charge in [-0.1, -0.05) is 25.1 Å². The van der Waals surface area contributed by atoms with Crippen LogP contribution >= 0.6 is 0 Å². The van der Waals surface area contributed by atoms with Crippen LogP contribution in [-0.2, 0) is 4.74 Å². The third-order valence-electron chi connectivity index (χ3n) is 7.06. The number of ether oxygens (including phenoxy) is 2. The molecular formula is C28H37N3O4. The molecule has 2 amide bonds. The van der Waals surface area contributed by atoms with Gasteiger partial charge >= 0.3 is 0 Å². The summed E-state index contributed by atoms with van der Waals surface area (Å²) < 4.78 is 12.1. The van der Waals surface area contributed by atoms with E-state index in [9.17, 15) is 9.59 Å². The lowest BCUT2D eigenvalue weighted by molar-refractivity contribution is 0.00994. The lowest BCUT2D eigenvalue weighted by Crippen LogP contribution is -2.47. The van der Waals surface area contributed by atoms with Crippen molar-refractivity contribution >= 4 is 17.5 Å². The van der Waals surface area contributed by atoms with E-state index in [-0.39, 0.29) is 29.9 Å². The van der Waals surface area contributed by atoms with Gasteiger partial charge < -0.3 is 19.7 Å². The van der Waals surface area contributed by atoms with Gasteiger partial charge in [0.1, 0.15) is 12.4 Å². The monoisotopic (exact) mass is 479 g/mol. The van der Waals surface area contributed by atoms with Gasteiger partial charge in [0, 0.05) is 57.2 Å². The average molecular weight is 480 g/mol. The Bertz CT molecular complexity index is 1020. The topological polar surface area (TPSA) is 71.1 Å². The Morgan fingerprint density at radius 3 is 2.54 bits per heavy atom. The first-order valence-corrected chi connectivity index (χ1v) is 12.5. The molecule has 4 rings (SSSR count). The number of methoxy groups -OCH3 is 1. The SMILES string of the molecule is CO[C@H]1CN(C)C(=O)c2ccc(NC(=O)c3ccccc3)cc2OC[C@H](C)N(CC2CC2)C[C@@H]1C. The molecule has 0 unspecified atom stereocenters. The smallest absolute Gasteiger partial charge is 0.257 e. The fraction of sp³-hybridized carbons (Fsp3) is 0.500. The van der Waals surface area contributed by atoms with E-state index in [1.807, 2.05) is 18.2 Å². The molecule has 0 radical (unpaired) electrons. The number of fused-ring (bicyclic) bond motifs is 1. The van der Waals surface area contributed by atoms with Crippen LogP contribution in [0, 0.1) is 11.8 Å². The summed E-state index contributed by atoms with van der Waals surface area (Å²) in [5.74, 6) is 1.18. The predicted octanol–water partition coefficient (Wildman–Crippen LogP) is 4.15. The number of nitrogens with zero attached hydrogens (tertiary/aromatic N) is 2. The molecule has 0 spiro atoms. The van der Waals surface area contributed by atoms with Gasteiger partial charge in [0.25, 0.3) is 11.8 Å². The van der Waals surface area contributed by atoms with Gasteiger partial charge in [-0.15, -0.1) is 0 Å². The van der Waals surface area contributed by atoms with Crippen LogP contribution in [-0.4, -0.2) is 74.2 Å². The molecule has 1 aliphatic carbocycles. The highest BCUT2D eigenvalue weighted by atomic mass is 16.5. The van der Waals surface area contributed by atoms with E-state index in [2.05, 4.69) is 24.1 Å². The Morgan fingerprint density at radius 1 is 1.11 bits per heavy atom. The zero-order valence-electron chi connectivity index (χ0n) is 21.2. The summed E-state index contributed by atoms with van der Waals surface area (Å²) in [6.45, 7) is 7.27. The Labute approximate surface area is 208 Å². The number of rotatable bonds is 5. The number of carbonyl (C=O) groups excluding carboxylic acids is 2. The molecule has 7 nitrogen and oxygen atoms in total. The third-order valence-corrected chi connectivity index (χ3v) is 7.06. The summed E-state index contributed by atoms with van der Waals surface area (Å²) in [5.41, 5.74) is 1.64. The summed E-state index contributed by atoms with van der Waals surface area (Å²) in [7, 11) is 3.52. The van der Waals surface area contributed by atoms with E-state index in [0.29, 0.717) is 35.7 Å². The van der Waals surface area contributed by atoms with Crippen LogP contribution in [0.5, 0.6) is 5.75 Å². The van der Waals surface area contributed by atoms with Crippen molar-refractivity contribution in [2.75, 3.05) is 45.7 Å². The Hall–Kier alpha value is -2.90. The van der Waals surface area contributed by atoms with E-state index in [0.717, 1.165) is 19.0 Å². The van der Waals surface area contributed by atoms with Gasteiger partial charge in [0.2, 0.25) is 0 Å². The zero-order valence-corrected chi connectivity index (χ0v) is 21.2. The number of nitrogens with one attached hydrogen (secondary N) is 1. The van der Waals surface area contributed by atoms with Crippen molar-refractivity contribution in [3.63, 3.8) is 0 Å². The highest BCUT2D eigenvalue weighted by molar-refractivity contribution is 6.05. The van der Waals surface area contributed by atoms with Crippen LogP contribution in [0.2, 0.25) is 0 Å². The summed E-state index contributed by atoms with van der Waals surface area (Å²) in [5, 5.41) is 2.92. The van der Waals surface area contributed by atoms with E-state index in [1.54, 1.807) is 49.4 Å². The van der Waals surface area contributed by atoms with Crippen molar-refractivity contribution in [3.8, 4) is 5.75 Å². The van der Waals surface area contributed by atoms with Crippen LogP contribution in [0.15, 0.2) is 48.5 Å². The Kier molecular flexibility index (Phi) is 8.08. The quantitative estimate of drug-likeness (QED) is 0.698. The average Bonchev–Trinajstić information content (AvgIpc) is 3.69. The maximum atomic E-state index is 13.4. The molecule has 35 heavy (non-hydrogen) atoms. The molecule has 0 aromatic heterocycles. The fourth-order valence-corrected chi connectivity index (χ4v) is 4.60. The minimum absolute atomic E-state index is 0.0638. The van der Waals surface area contributed by atoms with Crippen LogP contribution in [0.1, 0.15) is 47.4 Å². The summed E-state index contributed by atoms with van der Waals surface area (Å²) in [6, 6.07) is 14.5. The number of amides is 2. The first-order valence-electron chi connectivity index (χ1n) is 12.5. The van der Waals surface area contributed by atoms with E-state index >= 15 is 0 Å². The van der Waals surface area contributed by atoms with Gasteiger partial charge in [-0.3, -0.25) is 14.5 Å². The molecule has 2 aliphatic rings. The molecule has 7 heteroatoms. The van der Waals surface area contributed by atoms with E-state index in [1.165, 1.54) is 12.8 Å².